The minimum Gasteiger partial charge on any atom is -0.204 e. The maximum absolute atomic E-state index is 13.5. The van der Waals surface area contributed by atoms with Crippen molar-refractivity contribution in [3.8, 4) is 0 Å². The van der Waals surface area contributed by atoms with Gasteiger partial charge in [0, 0.05) is 0 Å². The molecule has 0 fully saturated rings. The third kappa shape index (κ3) is 3.16. The summed E-state index contributed by atoms with van der Waals surface area (Å²) in [5, 5.41) is 0. The number of allylic oxidation sites excluding steroid dienone is 2. The smallest absolute Gasteiger partial charge is 0.162 e. The van der Waals surface area contributed by atoms with Crippen molar-refractivity contribution in [2.45, 2.75) is 39.0 Å². The van der Waals surface area contributed by atoms with E-state index in [1.54, 1.807) is 12.1 Å². The molecule has 88 valence electrons. The second kappa shape index (κ2) is 6.41. The van der Waals surface area contributed by atoms with Crippen molar-refractivity contribution in [3.63, 3.8) is 0 Å². The van der Waals surface area contributed by atoms with Crippen LogP contribution in [-0.2, 0) is 0 Å². The number of benzene rings is 1. The van der Waals surface area contributed by atoms with E-state index in [9.17, 15) is 8.78 Å². The maximum atomic E-state index is 13.5. The zero-order valence-corrected chi connectivity index (χ0v) is 9.84. The van der Waals surface area contributed by atoms with Crippen molar-refractivity contribution >= 4 is 0 Å². The van der Waals surface area contributed by atoms with Crippen molar-refractivity contribution < 1.29 is 8.78 Å². The van der Waals surface area contributed by atoms with Gasteiger partial charge in [-0.25, -0.2) is 8.78 Å². The Bertz CT molecular complexity index is 356. The highest BCUT2D eigenvalue weighted by molar-refractivity contribution is 5.23. The molecule has 0 nitrogen and oxygen atoms in total. The monoisotopic (exact) mass is 224 g/mol. The fourth-order valence-electron chi connectivity index (χ4n) is 1.78. The van der Waals surface area contributed by atoms with Gasteiger partial charge in [0.2, 0.25) is 0 Å². The minimum absolute atomic E-state index is 0.0681. The van der Waals surface area contributed by atoms with E-state index in [0.29, 0.717) is 5.56 Å². The molecule has 0 aliphatic carbocycles. The lowest BCUT2D eigenvalue weighted by Crippen LogP contribution is -2.01. The van der Waals surface area contributed by atoms with Crippen molar-refractivity contribution in [1.82, 2.24) is 0 Å². The van der Waals surface area contributed by atoms with Gasteiger partial charge >= 0.3 is 0 Å². The first-order valence-corrected chi connectivity index (χ1v) is 5.79. The molecule has 0 bridgehead atoms. The van der Waals surface area contributed by atoms with Crippen molar-refractivity contribution in [3.05, 3.63) is 47.5 Å². The molecule has 0 aliphatic rings. The molecule has 1 rings (SSSR count). The van der Waals surface area contributed by atoms with Gasteiger partial charge < -0.3 is 0 Å². The molecule has 2 heteroatoms. The molecule has 0 heterocycles. The van der Waals surface area contributed by atoms with Crippen LogP contribution in [0, 0.1) is 11.6 Å². The van der Waals surface area contributed by atoms with Gasteiger partial charge in [0.15, 0.2) is 11.6 Å². The molecule has 0 saturated heterocycles. The molecular weight excluding hydrogens is 206 g/mol. The third-order valence-electron chi connectivity index (χ3n) is 2.74. The Morgan fingerprint density at radius 2 is 1.94 bits per heavy atom. The van der Waals surface area contributed by atoms with E-state index in [-0.39, 0.29) is 5.92 Å². The first-order valence-electron chi connectivity index (χ1n) is 5.79. The molecule has 16 heavy (non-hydrogen) atoms. The first kappa shape index (κ1) is 12.9. The topological polar surface area (TPSA) is 0 Å². The Labute approximate surface area is 96.0 Å². The Morgan fingerprint density at radius 3 is 2.56 bits per heavy atom. The predicted octanol–water partition coefficient (Wildman–Crippen LogP) is 4.81. The van der Waals surface area contributed by atoms with Crippen molar-refractivity contribution in [2.75, 3.05) is 0 Å². The summed E-state index contributed by atoms with van der Waals surface area (Å²) >= 11 is 0. The van der Waals surface area contributed by atoms with E-state index in [1.165, 1.54) is 0 Å². The first-order chi connectivity index (χ1) is 7.70. The molecule has 0 saturated carbocycles. The largest absolute Gasteiger partial charge is 0.204 e. The minimum atomic E-state index is -0.754. The lowest BCUT2D eigenvalue weighted by molar-refractivity contribution is 0.484. The van der Waals surface area contributed by atoms with Crippen LogP contribution in [0.15, 0.2) is 30.4 Å². The third-order valence-corrected chi connectivity index (χ3v) is 2.74. The summed E-state index contributed by atoms with van der Waals surface area (Å²) in [7, 11) is 0. The van der Waals surface area contributed by atoms with Crippen LogP contribution in [0.1, 0.15) is 44.6 Å². The van der Waals surface area contributed by atoms with Crippen LogP contribution in [0.4, 0.5) is 8.78 Å². The van der Waals surface area contributed by atoms with Gasteiger partial charge in [-0.2, -0.15) is 0 Å². The van der Waals surface area contributed by atoms with Gasteiger partial charge in [0.25, 0.3) is 0 Å². The van der Waals surface area contributed by atoms with Gasteiger partial charge in [-0.05, 0) is 36.8 Å². The van der Waals surface area contributed by atoms with Crippen LogP contribution in [0.25, 0.3) is 0 Å². The molecule has 0 aromatic heterocycles. The van der Waals surface area contributed by atoms with Crippen LogP contribution in [-0.4, -0.2) is 0 Å². The fourth-order valence-corrected chi connectivity index (χ4v) is 1.78. The highest BCUT2D eigenvalue weighted by Gasteiger charge is 2.15. The van der Waals surface area contributed by atoms with Crippen molar-refractivity contribution in [1.29, 1.82) is 0 Å². The standard InChI is InChI=1S/C14H18F2/c1-3-5-6-8-11(4-2)12-9-7-10-13(15)14(12)16/h5-7,9-11H,3-4,8H2,1-2H3/b6-5-. The van der Waals surface area contributed by atoms with E-state index in [4.69, 9.17) is 0 Å². The van der Waals surface area contributed by atoms with Gasteiger partial charge in [-0.3, -0.25) is 0 Å². The van der Waals surface area contributed by atoms with Gasteiger partial charge in [-0.15, -0.1) is 0 Å². The Hall–Kier alpha value is -1.18. The molecule has 1 atom stereocenters. The summed E-state index contributed by atoms with van der Waals surface area (Å²) in [6, 6.07) is 4.40. The van der Waals surface area contributed by atoms with E-state index in [0.717, 1.165) is 25.3 Å². The summed E-state index contributed by atoms with van der Waals surface area (Å²) in [6.07, 6.45) is 6.65. The highest BCUT2D eigenvalue weighted by Crippen LogP contribution is 2.27. The summed E-state index contributed by atoms with van der Waals surface area (Å²) in [5.41, 5.74) is 0.489. The quantitative estimate of drug-likeness (QED) is 0.629. The summed E-state index contributed by atoms with van der Waals surface area (Å²) < 4.78 is 26.6. The van der Waals surface area contributed by atoms with Crippen LogP contribution in [0.3, 0.4) is 0 Å². The number of rotatable bonds is 5. The number of hydrogen-bond acceptors (Lipinski definition) is 0. The molecular formula is C14H18F2. The fraction of sp³-hybridized carbons (Fsp3) is 0.429. The second-order valence-corrected chi connectivity index (χ2v) is 3.86. The second-order valence-electron chi connectivity index (χ2n) is 3.86. The van der Waals surface area contributed by atoms with Gasteiger partial charge in [0.05, 0.1) is 0 Å². The normalized spacial score (nSPS) is 13.2. The summed E-state index contributed by atoms with van der Waals surface area (Å²) in [5.74, 6) is -1.38. The SMILES string of the molecule is CC/C=C\CC(CC)c1cccc(F)c1F. The molecule has 0 amide bonds. The molecule has 1 unspecified atom stereocenters. The molecule has 0 N–H and O–H groups in total. The summed E-state index contributed by atoms with van der Waals surface area (Å²) in [4.78, 5) is 0. The van der Waals surface area contributed by atoms with Crippen LogP contribution < -0.4 is 0 Å². The Kier molecular flexibility index (Phi) is 5.17. The van der Waals surface area contributed by atoms with Gasteiger partial charge in [-0.1, -0.05) is 38.1 Å². The number of hydrogen-bond donors (Lipinski definition) is 0. The van der Waals surface area contributed by atoms with Crippen LogP contribution >= 0.6 is 0 Å². The van der Waals surface area contributed by atoms with Crippen LogP contribution in [0.2, 0.25) is 0 Å². The Balaban J connectivity index is 2.86. The number of halogens is 2. The zero-order chi connectivity index (χ0) is 12.0. The lowest BCUT2D eigenvalue weighted by atomic mass is 9.92. The van der Waals surface area contributed by atoms with E-state index in [2.05, 4.69) is 13.0 Å². The molecule has 0 aliphatic heterocycles. The molecule has 0 spiro atoms. The summed E-state index contributed by atoms with van der Waals surface area (Å²) in [6.45, 7) is 4.05. The van der Waals surface area contributed by atoms with E-state index >= 15 is 0 Å². The highest BCUT2D eigenvalue weighted by atomic mass is 19.2. The zero-order valence-electron chi connectivity index (χ0n) is 9.84. The molecule has 0 radical (unpaired) electrons. The van der Waals surface area contributed by atoms with E-state index in [1.807, 2.05) is 13.0 Å². The molecule has 1 aromatic carbocycles. The lowest BCUT2D eigenvalue weighted by Gasteiger charge is -2.14. The molecule has 1 aromatic rings. The average molecular weight is 224 g/mol. The average Bonchev–Trinajstić information content (AvgIpc) is 2.29. The van der Waals surface area contributed by atoms with E-state index < -0.39 is 11.6 Å². The van der Waals surface area contributed by atoms with Crippen molar-refractivity contribution in [2.24, 2.45) is 0 Å². The Morgan fingerprint density at radius 1 is 1.19 bits per heavy atom. The van der Waals surface area contributed by atoms with Gasteiger partial charge in [0.1, 0.15) is 0 Å². The maximum Gasteiger partial charge on any atom is 0.162 e. The predicted molar refractivity (Wildman–Crippen MR) is 63.4 cm³/mol. The van der Waals surface area contributed by atoms with Crippen LogP contribution in [0.5, 0.6) is 0 Å².